The third-order valence-electron chi connectivity index (χ3n) is 5.11. The standard InChI is InChI=1S/C27H26N2O7S/c1-2-3-13-36-20-10-8-18(9-11-20)28-24(30)16-37-21-6-4-5-19(15-21)29-25(31)22-12-7-17(26(32)33)14-23(22)27(34)35/h4-12,14-15H,2-3,13,16H2,1H3,(H,28,30)(H,29,31)(H,32,33)(H,34,35). The van der Waals surface area contributed by atoms with Crippen molar-refractivity contribution in [1.82, 2.24) is 0 Å². The molecule has 0 unspecified atom stereocenters. The Hall–Kier alpha value is -4.31. The minimum Gasteiger partial charge on any atom is -0.494 e. The van der Waals surface area contributed by atoms with Crippen LogP contribution in [-0.4, -0.2) is 46.3 Å². The van der Waals surface area contributed by atoms with E-state index in [4.69, 9.17) is 9.84 Å². The Kier molecular flexibility index (Phi) is 9.68. The Bertz CT molecular complexity index is 1290. The Morgan fingerprint density at radius 3 is 2.27 bits per heavy atom. The van der Waals surface area contributed by atoms with Crippen molar-refractivity contribution < 1.29 is 34.1 Å². The van der Waals surface area contributed by atoms with Crippen LogP contribution in [0.25, 0.3) is 0 Å². The number of hydrogen-bond donors (Lipinski definition) is 4. The Morgan fingerprint density at radius 1 is 0.838 bits per heavy atom. The van der Waals surface area contributed by atoms with E-state index in [2.05, 4.69) is 17.6 Å². The lowest BCUT2D eigenvalue weighted by molar-refractivity contribution is -0.113. The number of carboxylic acids is 2. The molecule has 3 aromatic rings. The van der Waals surface area contributed by atoms with Gasteiger partial charge in [-0.05, 0) is 67.1 Å². The first-order valence-electron chi connectivity index (χ1n) is 11.4. The number of carbonyl (C=O) groups excluding carboxylic acids is 2. The lowest BCUT2D eigenvalue weighted by atomic mass is 10.0. The first-order chi connectivity index (χ1) is 17.8. The number of anilines is 2. The van der Waals surface area contributed by atoms with Gasteiger partial charge < -0.3 is 25.6 Å². The summed E-state index contributed by atoms with van der Waals surface area (Å²) in [5.41, 5.74) is 0.226. The van der Waals surface area contributed by atoms with Crippen LogP contribution in [0.2, 0.25) is 0 Å². The SMILES string of the molecule is CCCCOc1ccc(NC(=O)CSc2cccc(NC(=O)c3ccc(C(=O)O)cc3C(=O)O)c2)cc1. The molecule has 2 amide bonds. The fraction of sp³-hybridized carbons (Fsp3) is 0.185. The van der Waals surface area contributed by atoms with Gasteiger partial charge in [0.2, 0.25) is 5.91 Å². The van der Waals surface area contributed by atoms with Crippen molar-refractivity contribution in [2.75, 3.05) is 23.0 Å². The maximum atomic E-state index is 12.7. The highest BCUT2D eigenvalue weighted by Crippen LogP contribution is 2.23. The molecular weight excluding hydrogens is 496 g/mol. The first-order valence-corrected chi connectivity index (χ1v) is 12.4. The summed E-state index contributed by atoms with van der Waals surface area (Å²) < 4.78 is 5.61. The number of benzene rings is 3. The number of rotatable bonds is 12. The molecule has 4 N–H and O–H groups in total. The zero-order chi connectivity index (χ0) is 26.8. The fourth-order valence-corrected chi connectivity index (χ4v) is 3.98. The normalized spacial score (nSPS) is 10.4. The molecule has 0 aliphatic carbocycles. The predicted molar refractivity (Wildman–Crippen MR) is 141 cm³/mol. The minimum atomic E-state index is -1.41. The van der Waals surface area contributed by atoms with Crippen molar-refractivity contribution in [3.05, 3.63) is 83.4 Å². The van der Waals surface area contributed by atoms with E-state index in [-0.39, 0.29) is 22.8 Å². The van der Waals surface area contributed by atoms with Crippen molar-refractivity contribution in [2.24, 2.45) is 0 Å². The van der Waals surface area contributed by atoms with Crippen LogP contribution in [0.3, 0.4) is 0 Å². The van der Waals surface area contributed by atoms with Crippen LogP contribution >= 0.6 is 11.8 Å². The molecule has 0 heterocycles. The first kappa shape index (κ1) is 27.3. The molecule has 0 fully saturated rings. The Morgan fingerprint density at radius 2 is 1.59 bits per heavy atom. The summed E-state index contributed by atoms with van der Waals surface area (Å²) in [6.45, 7) is 2.74. The molecule has 0 saturated carbocycles. The second-order valence-electron chi connectivity index (χ2n) is 7.92. The molecule has 0 bridgehead atoms. The number of nitrogens with one attached hydrogen (secondary N) is 2. The topological polar surface area (TPSA) is 142 Å². The highest BCUT2D eigenvalue weighted by atomic mass is 32.2. The van der Waals surface area contributed by atoms with Gasteiger partial charge in [0.05, 0.1) is 29.1 Å². The molecule has 3 rings (SSSR count). The second kappa shape index (κ2) is 13.1. The lowest BCUT2D eigenvalue weighted by Crippen LogP contribution is -2.17. The summed E-state index contributed by atoms with van der Waals surface area (Å²) in [6.07, 6.45) is 2.03. The Balaban J connectivity index is 1.57. The van der Waals surface area contributed by atoms with Crippen LogP contribution in [0, 0.1) is 0 Å². The van der Waals surface area contributed by atoms with Crippen LogP contribution in [0.1, 0.15) is 50.8 Å². The van der Waals surface area contributed by atoms with E-state index in [0.717, 1.165) is 30.7 Å². The maximum absolute atomic E-state index is 12.7. The van der Waals surface area contributed by atoms with Gasteiger partial charge in [0.1, 0.15) is 5.75 Å². The Labute approximate surface area is 217 Å². The molecule has 3 aromatic carbocycles. The van der Waals surface area contributed by atoms with Gasteiger partial charge in [0, 0.05) is 16.3 Å². The molecule has 37 heavy (non-hydrogen) atoms. The summed E-state index contributed by atoms with van der Waals surface area (Å²) in [5.74, 6) is -2.74. The quantitative estimate of drug-likeness (QED) is 0.187. The second-order valence-corrected chi connectivity index (χ2v) is 8.96. The van der Waals surface area contributed by atoms with E-state index >= 15 is 0 Å². The predicted octanol–water partition coefficient (Wildman–Crippen LogP) is 5.25. The number of carbonyl (C=O) groups is 4. The van der Waals surface area contributed by atoms with Gasteiger partial charge in [-0.2, -0.15) is 0 Å². The number of amides is 2. The molecule has 10 heteroatoms. The molecule has 0 aromatic heterocycles. The van der Waals surface area contributed by atoms with E-state index in [9.17, 15) is 24.3 Å². The van der Waals surface area contributed by atoms with Crippen molar-refractivity contribution >= 4 is 46.9 Å². The van der Waals surface area contributed by atoms with Crippen molar-refractivity contribution in [3.63, 3.8) is 0 Å². The van der Waals surface area contributed by atoms with E-state index < -0.39 is 23.4 Å². The molecule has 0 radical (unpaired) electrons. The number of ether oxygens (including phenoxy) is 1. The number of aromatic carboxylic acids is 2. The van der Waals surface area contributed by atoms with Crippen LogP contribution in [0.5, 0.6) is 5.75 Å². The summed E-state index contributed by atoms with van der Waals surface area (Å²) in [4.78, 5) is 48.5. The van der Waals surface area contributed by atoms with Crippen molar-refractivity contribution in [3.8, 4) is 5.75 Å². The van der Waals surface area contributed by atoms with E-state index in [1.54, 1.807) is 48.5 Å². The van der Waals surface area contributed by atoms with Crippen LogP contribution in [0.4, 0.5) is 11.4 Å². The van der Waals surface area contributed by atoms with Gasteiger partial charge in [0.25, 0.3) is 5.91 Å². The molecule has 0 aliphatic heterocycles. The van der Waals surface area contributed by atoms with Crippen molar-refractivity contribution in [2.45, 2.75) is 24.7 Å². The number of hydrogen-bond acceptors (Lipinski definition) is 6. The zero-order valence-electron chi connectivity index (χ0n) is 20.0. The summed E-state index contributed by atoms with van der Waals surface area (Å²) >= 11 is 1.27. The third kappa shape index (κ3) is 8.11. The van der Waals surface area contributed by atoms with Crippen LogP contribution < -0.4 is 15.4 Å². The smallest absolute Gasteiger partial charge is 0.336 e. The van der Waals surface area contributed by atoms with Gasteiger partial charge in [-0.3, -0.25) is 9.59 Å². The molecule has 0 atom stereocenters. The van der Waals surface area contributed by atoms with Gasteiger partial charge in [-0.25, -0.2) is 9.59 Å². The lowest BCUT2D eigenvalue weighted by Gasteiger charge is -2.10. The van der Waals surface area contributed by atoms with E-state index in [1.807, 2.05) is 0 Å². The molecule has 0 saturated heterocycles. The third-order valence-corrected chi connectivity index (χ3v) is 6.10. The van der Waals surface area contributed by atoms with Gasteiger partial charge >= 0.3 is 11.9 Å². The average molecular weight is 523 g/mol. The summed E-state index contributed by atoms with van der Waals surface area (Å²) in [6, 6.07) is 17.2. The molecule has 192 valence electrons. The number of unbranched alkanes of at least 4 members (excludes halogenated alkanes) is 1. The molecular formula is C27H26N2O7S. The number of thioether (sulfide) groups is 1. The highest BCUT2D eigenvalue weighted by Gasteiger charge is 2.19. The summed E-state index contributed by atoms with van der Waals surface area (Å²) in [7, 11) is 0. The number of carboxylic acid groups (broad SMARTS) is 2. The fourth-order valence-electron chi connectivity index (χ4n) is 3.23. The van der Waals surface area contributed by atoms with E-state index in [0.29, 0.717) is 22.9 Å². The zero-order valence-corrected chi connectivity index (χ0v) is 20.8. The van der Waals surface area contributed by atoms with Crippen LogP contribution in [-0.2, 0) is 4.79 Å². The largest absolute Gasteiger partial charge is 0.494 e. The van der Waals surface area contributed by atoms with Crippen molar-refractivity contribution in [1.29, 1.82) is 0 Å². The minimum absolute atomic E-state index is 0.131. The molecule has 9 nitrogen and oxygen atoms in total. The van der Waals surface area contributed by atoms with Gasteiger partial charge in [-0.15, -0.1) is 11.8 Å². The molecule has 0 spiro atoms. The molecule has 0 aliphatic rings. The maximum Gasteiger partial charge on any atom is 0.336 e. The van der Waals surface area contributed by atoms with Gasteiger partial charge in [0.15, 0.2) is 0 Å². The van der Waals surface area contributed by atoms with Crippen LogP contribution in [0.15, 0.2) is 71.6 Å². The average Bonchev–Trinajstić information content (AvgIpc) is 2.88. The highest BCUT2D eigenvalue weighted by molar-refractivity contribution is 8.00. The monoisotopic (exact) mass is 522 g/mol. The van der Waals surface area contributed by atoms with E-state index in [1.165, 1.54) is 17.8 Å². The van der Waals surface area contributed by atoms with Gasteiger partial charge in [-0.1, -0.05) is 19.4 Å². The summed E-state index contributed by atoms with van der Waals surface area (Å²) in [5, 5.41) is 23.9.